The van der Waals surface area contributed by atoms with Crippen LogP contribution < -0.4 is 10.2 Å². The third-order valence-corrected chi connectivity index (χ3v) is 4.36. The zero-order chi connectivity index (χ0) is 16.2. The first kappa shape index (κ1) is 15.7. The second kappa shape index (κ2) is 6.92. The van der Waals surface area contributed by atoms with E-state index in [0.29, 0.717) is 18.1 Å². The number of hydrogen-bond donors (Lipinski definition) is 1. The summed E-state index contributed by atoms with van der Waals surface area (Å²) in [6.45, 7) is 5.05. The number of aryl methyl sites for hydroxylation is 1. The van der Waals surface area contributed by atoms with E-state index in [4.69, 9.17) is 11.6 Å². The molecule has 0 atom stereocenters. The number of halogens is 1. The van der Waals surface area contributed by atoms with Gasteiger partial charge in [-0.1, -0.05) is 35.9 Å². The molecule has 2 aromatic rings. The minimum atomic E-state index is -0.0666. The molecule has 0 bridgehead atoms. The van der Waals surface area contributed by atoms with Crippen LogP contribution in [0.5, 0.6) is 0 Å². The Balaban J connectivity index is 1.59. The fraction of sp³-hybridized carbons (Fsp3) is 0.278. The molecule has 3 rings (SSSR count). The minimum Gasteiger partial charge on any atom is -0.368 e. The van der Waals surface area contributed by atoms with Crippen LogP contribution in [-0.4, -0.2) is 37.1 Å². The van der Waals surface area contributed by atoms with Gasteiger partial charge in [0, 0.05) is 42.6 Å². The lowest BCUT2D eigenvalue weighted by molar-refractivity contribution is 0.208. The van der Waals surface area contributed by atoms with Crippen LogP contribution in [-0.2, 0) is 0 Å². The molecule has 4 nitrogen and oxygen atoms in total. The van der Waals surface area contributed by atoms with E-state index in [1.54, 1.807) is 6.07 Å². The molecule has 0 saturated carbocycles. The Bertz CT molecular complexity index is 682. The second-order valence-electron chi connectivity index (χ2n) is 5.70. The summed E-state index contributed by atoms with van der Waals surface area (Å²) in [5, 5.41) is 3.58. The van der Waals surface area contributed by atoms with Crippen molar-refractivity contribution >= 4 is 29.0 Å². The van der Waals surface area contributed by atoms with E-state index in [-0.39, 0.29) is 6.03 Å². The van der Waals surface area contributed by atoms with Gasteiger partial charge in [-0.25, -0.2) is 4.79 Å². The molecule has 23 heavy (non-hydrogen) atoms. The summed E-state index contributed by atoms with van der Waals surface area (Å²) in [7, 11) is 0. The first-order valence-corrected chi connectivity index (χ1v) is 8.13. The molecule has 0 radical (unpaired) electrons. The topological polar surface area (TPSA) is 35.6 Å². The zero-order valence-corrected chi connectivity index (χ0v) is 13.9. The van der Waals surface area contributed by atoms with Crippen LogP contribution in [0.2, 0.25) is 5.02 Å². The van der Waals surface area contributed by atoms with Gasteiger partial charge >= 0.3 is 6.03 Å². The normalized spacial score (nSPS) is 14.7. The average Bonchev–Trinajstić information content (AvgIpc) is 2.59. The van der Waals surface area contributed by atoms with Crippen molar-refractivity contribution in [2.45, 2.75) is 6.92 Å². The molecule has 120 valence electrons. The van der Waals surface area contributed by atoms with Crippen molar-refractivity contribution in [3.05, 3.63) is 59.1 Å². The Morgan fingerprint density at radius 3 is 2.43 bits per heavy atom. The number of nitrogens with zero attached hydrogens (tertiary/aromatic N) is 2. The first-order chi connectivity index (χ1) is 11.1. The van der Waals surface area contributed by atoms with Crippen molar-refractivity contribution in [3.8, 4) is 0 Å². The third-order valence-electron chi connectivity index (χ3n) is 4.13. The Morgan fingerprint density at radius 1 is 1.04 bits per heavy atom. The number of piperazine rings is 1. The summed E-state index contributed by atoms with van der Waals surface area (Å²) >= 11 is 6.00. The number of carbonyl (C=O) groups excluding carboxylic acids is 1. The predicted octanol–water partition coefficient (Wildman–Crippen LogP) is 4.00. The highest BCUT2D eigenvalue weighted by molar-refractivity contribution is 6.31. The Labute approximate surface area is 141 Å². The van der Waals surface area contributed by atoms with Crippen LogP contribution in [0.4, 0.5) is 16.2 Å². The molecular formula is C18H20ClN3O. The van der Waals surface area contributed by atoms with Crippen LogP contribution in [0.1, 0.15) is 5.56 Å². The molecule has 1 heterocycles. The Morgan fingerprint density at radius 2 is 1.74 bits per heavy atom. The van der Waals surface area contributed by atoms with Gasteiger partial charge in [0.15, 0.2) is 0 Å². The summed E-state index contributed by atoms with van der Waals surface area (Å²) in [6.07, 6.45) is 0. The Hall–Kier alpha value is -2.20. The fourth-order valence-corrected chi connectivity index (χ4v) is 2.90. The highest BCUT2D eigenvalue weighted by Gasteiger charge is 2.21. The summed E-state index contributed by atoms with van der Waals surface area (Å²) in [5.41, 5.74) is 2.98. The van der Waals surface area contributed by atoms with Gasteiger partial charge < -0.3 is 15.1 Å². The predicted molar refractivity (Wildman–Crippen MR) is 95.4 cm³/mol. The van der Waals surface area contributed by atoms with Gasteiger partial charge in [-0.2, -0.15) is 0 Å². The summed E-state index contributed by atoms with van der Waals surface area (Å²) in [4.78, 5) is 16.6. The van der Waals surface area contributed by atoms with Gasteiger partial charge in [0.2, 0.25) is 0 Å². The first-order valence-electron chi connectivity index (χ1n) is 7.75. The van der Waals surface area contributed by atoms with E-state index in [1.807, 2.05) is 42.2 Å². The molecule has 0 spiro atoms. The lowest BCUT2D eigenvalue weighted by Gasteiger charge is -2.36. The lowest BCUT2D eigenvalue weighted by atomic mass is 10.2. The molecule has 2 amide bonds. The SMILES string of the molecule is Cc1ccc(Cl)cc1NC(=O)N1CCN(c2ccccc2)CC1. The largest absolute Gasteiger partial charge is 0.368 e. The minimum absolute atomic E-state index is 0.0666. The van der Waals surface area contributed by atoms with Crippen LogP contribution in [0.3, 0.4) is 0 Å². The van der Waals surface area contributed by atoms with Crippen molar-refractivity contribution in [1.29, 1.82) is 0 Å². The lowest BCUT2D eigenvalue weighted by Crippen LogP contribution is -2.50. The molecule has 1 aliphatic rings. The van der Waals surface area contributed by atoms with Crippen molar-refractivity contribution in [2.24, 2.45) is 0 Å². The van der Waals surface area contributed by atoms with Crippen molar-refractivity contribution in [1.82, 2.24) is 4.90 Å². The summed E-state index contributed by atoms with van der Waals surface area (Å²) in [6, 6.07) is 15.7. The maximum atomic E-state index is 12.4. The molecule has 0 aromatic heterocycles. The van der Waals surface area contributed by atoms with Crippen LogP contribution in [0, 0.1) is 6.92 Å². The van der Waals surface area contributed by atoms with Crippen LogP contribution in [0.25, 0.3) is 0 Å². The number of nitrogens with one attached hydrogen (secondary N) is 1. The number of benzene rings is 2. The van der Waals surface area contributed by atoms with Gasteiger partial charge in [0.1, 0.15) is 0 Å². The number of hydrogen-bond acceptors (Lipinski definition) is 2. The van der Waals surface area contributed by atoms with Gasteiger partial charge in [0.05, 0.1) is 0 Å². The van der Waals surface area contributed by atoms with Crippen LogP contribution in [0.15, 0.2) is 48.5 Å². The van der Waals surface area contributed by atoms with Gasteiger partial charge in [-0.3, -0.25) is 0 Å². The number of anilines is 2. The monoisotopic (exact) mass is 329 g/mol. The third kappa shape index (κ3) is 3.77. The molecule has 2 aromatic carbocycles. The molecule has 5 heteroatoms. The highest BCUT2D eigenvalue weighted by atomic mass is 35.5. The molecule has 0 aliphatic carbocycles. The molecule has 1 N–H and O–H groups in total. The van der Waals surface area contributed by atoms with Crippen molar-refractivity contribution in [3.63, 3.8) is 0 Å². The van der Waals surface area contributed by atoms with E-state index < -0.39 is 0 Å². The number of carbonyl (C=O) groups is 1. The second-order valence-corrected chi connectivity index (χ2v) is 6.14. The molecule has 1 aliphatic heterocycles. The standard InChI is InChI=1S/C18H20ClN3O/c1-14-7-8-15(19)13-17(14)20-18(23)22-11-9-21(10-12-22)16-5-3-2-4-6-16/h2-8,13H,9-12H2,1H3,(H,20,23). The molecule has 1 saturated heterocycles. The maximum Gasteiger partial charge on any atom is 0.321 e. The summed E-state index contributed by atoms with van der Waals surface area (Å²) in [5.74, 6) is 0. The molecular weight excluding hydrogens is 310 g/mol. The highest BCUT2D eigenvalue weighted by Crippen LogP contribution is 2.21. The van der Waals surface area contributed by atoms with Gasteiger partial charge in [-0.05, 0) is 36.8 Å². The summed E-state index contributed by atoms with van der Waals surface area (Å²) < 4.78 is 0. The van der Waals surface area contributed by atoms with E-state index in [9.17, 15) is 4.79 Å². The number of urea groups is 1. The number of rotatable bonds is 2. The number of amides is 2. The Kier molecular flexibility index (Phi) is 4.72. The van der Waals surface area contributed by atoms with Gasteiger partial charge in [-0.15, -0.1) is 0 Å². The van der Waals surface area contributed by atoms with Crippen molar-refractivity contribution in [2.75, 3.05) is 36.4 Å². The van der Waals surface area contributed by atoms with Crippen LogP contribution >= 0.6 is 11.6 Å². The quantitative estimate of drug-likeness (QED) is 0.903. The molecule has 1 fully saturated rings. The number of para-hydroxylation sites is 1. The van der Waals surface area contributed by atoms with Crippen molar-refractivity contribution < 1.29 is 4.79 Å². The average molecular weight is 330 g/mol. The maximum absolute atomic E-state index is 12.4. The van der Waals surface area contributed by atoms with E-state index in [1.165, 1.54) is 5.69 Å². The smallest absolute Gasteiger partial charge is 0.321 e. The zero-order valence-electron chi connectivity index (χ0n) is 13.1. The molecule has 0 unspecified atom stereocenters. The fourth-order valence-electron chi connectivity index (χ4n) is 2.73. The van der Waals surface area contributed by atoms with E-state index >= 15 is 0 Å². The van der Waals surface area contributed by atoms with E-state index in [2.05, 4.69) is 22.3 Å². The van der Waals surface area contributed by atoms with E-state index in [0.717, 1.165) is 24.3 Å². The van der Waals surface area contributed by atoms with Gasteiger partial charge in [0.25, 0.3) is 0 Å².